The lowest BCUT2D eigenvalue weighted by Gasteiger charge is -2.20. The van der Waals surface area contributed by atoms with Gasteiger partial charge in [0.2, 0.25) is 0 Å². The van der Waals surface area contributed by atoms with Crippen LogP contribution in [-0.2, 0) is 14.8 Å². The molecule has 2 aromatic rings. The Hall–Kier alpha value is -2.87. The molecule has 0 unspecified atom stereocenters. The molecule has 2 aromatic carbocycles. The first-order valence-corrected chi connectivity index (χ1v) is 9.92. The molecular formula is C19H22N2O5S. The van der Waals surface area contributed by atoms with Crippen LogP contribution < -0.4 is 4.72 Å². The van der Waals surface area contributed by atoms with Crippen molar-refractivity contribution in [1.82, 2.24) is 4.90 Å². The molecule has 1 amide bonds. The largest absolute Gasteiger partial charge is 0.481 e. The van der Waals surface area contributed by atoms with Crippen LogP contribution in [0.4, 0.5) is 5.69 Å². The second kappa shape index (κ2) is 8.68. The number of carboxylic acid groups (broad SMARTS) is 1. The third-order valence-corrected chi connectivity index (χ3v) is 5.31. The van der Waals surface area contributed by atoms with E-state index in [0.29, 0.717) is 12.2 Å². The monoisotopic (exact) mass is 390 g/mol. The van der Waals surface area contributed by atoms with Crippen molar-refractivity contribution in [3.63, 3.8) is 0 Å². The number of nitrogens with one attached hydrogen (secondary N) is 1. The van der Waals surface area contributed by atoms with Gasteiger partial charge >= 0.3 is 5.97 Å². The Labute approximate surface area is 158 Å². The minimum absolute atomic E-state index is 0.0378. The summed E-state index contributed by atoms with van der Waals surface area (Å²) >= 11 is 0. The van der Waals surface area contributed by atoms with Crippen molar-refractivity contribution in [2.45, 2.75) is 25.2 Å². The molecule has 0 aliphatic carbocycles. The molecule has 0 aliphatic heterocycles. The summed E-state index contributed by atoms with van der Waals surface area (Å²) in [5, 5.41) is 8.80. The molecule has 7 nitrogen and oxygen atoms in total. The van der Waals surface area contributed by atoms with E-state index in [1.807, 2.05) is 13.0 Å². The summed E-state index contributed by atoms with van der Waals surface area (Å²) in [4.78, 5) is 24.7. The van der Waals surface area contributed by atoms with E-state index in [-0.39, 0.29) is 23.4 Å². The van der Waals surface area contributed by atoms with E-state index < -0.39 is 21.9 Å². The van der Waals surface area contributed by atoms with Crippen LogP contribution in [0.5, 0.6) is 0 Å². The van der Waals surface area contributed by atoms with Crippen molar-refractivity contribution in [1.29, 1.82) is 0 Å². The van der Waals surface area contributed by atoms with Crippen LogP contribution in [0.25, 0.3) is 0 Å². The number of carbonyl (C=O) groups is 2. The lowest BCUT2D eigenvalue weighted by atomic mass is 10.2. The predicted octanol–water partition coefficient (Wildman–Crippen LogP) is 2.73. The number of anilines is 1. The first kappa shape index (κ1) is 20.4. The number of aryl methyl sites for hydroxylation is 1. The minimum atomic E-state index is -3.86. The summed E-state index contributed by atoms with van der Waals surface area (Å²) in [6.45, 7) is 3.97. The fraction of sp³-hybridized carbons (Fsp3) is 0.263. The molecule has 0 radical (unpaired) electrons. The van der Waals surface area contributed by atoms with E-state index in [2.05, 4.69) is 4.72 Å². The quantitative estimate of drug-likeness (QED) is 0.721. The number of carboxylic acids is 1. The number of rotatable bonds is 8. The van der Waals surface area contributed by atoms with Crippen molar-refractivity contribution >= 4 is 27.6 Å². The van der Waals surface area contributed by atoms with E-state index in [1.54, 1.807) is 25.1 Å². The molecule has 0 spiro atoms. The molecule has 144 valence electrons. The van der Waals surface area contributed by atoms with Gasteiger partial charge in [0.1, 0.15) is 0 Å². The Morgan fingerprint density at radius 1 is 1.11 bits per heavy atom. The minimum Gasteiger partial charge on any atom is -0.481 e. The zero-order chi connectivity index (χ0) is 20.0. The molecule has 0 aromatic heterocycles. The Bertz CT molecular complexity index is 941. The van der Waals surface area contributed by atoms with Gasteiger partial charge < -0.3 is 10.0 Å². The molecule has 0 atom stereocenters. The average molecular weight is 390 g/mol. The fourth-order valence-corrected chi connectivity index (χ4v) is 3.63. The molecule has 27 heavy (non-hydrogen) atoms. The SMILES string of the molecule is CCN(CCC(=O)O)C(=O)c1cccc(S(=O)(=O)Nc2cccc(C)c2)c1. The summed E-state index contributed by atoms with van der Waals surface area (Å²) in [6, 6.07) is 12.6. The van der Waals surface area contributed by atoms with E-state index in [4.69, 9.17) is 5.11 Å². The van der Waals surface area contributed by atoms with Gasteiger partial charge in [-0.3, -0.25) is 14.3 Å². The second-order valence-corrected chi connectivity index (χ2v) is 7.71. The lowest BCUT2D eigenvalue weighted by Crippen LogP contribution is -2.33. The Kier molecular flexibility index (Phi) is 6.57. The lowest BCUT2D eigenvalue weighted by molar-refractivity contribution is -0.137. The highest BCUT2D eigenvalue weighted by molar-refractivity contribution is 7.92. The van der Waals surface area contributed by atoms with Crippen LogP contribution in [0, 0.1) is 6.92 Å². The highest BCUT2D eigenvalue weighted by Gasteiger charge is 2.19. The predicted molar refractivity (Wildman–Crippen MR) is 102 cm³/mol. The van der Waals surface area contributed by atoms with E-state index in [1.165, 1.54) is 29.2 Å². The van der Waals surface area contributed by atoms with Crippen molar-refractivity contribution in [2.75, 3.05) is 17.8 Å². The summed E-state index contributed by atoms with van der Waals surface area (Å²) in [6.07, 6.45) is -0.174. The van der Waals surface area contributed by atoms with Gasteiger partial charge in [0.05, 0.1) is 11.3 Å². The molecular weight excluding hydrogens is 368 g/mol. The molecule has 2 N–H and O–H groups in total. The molecule has 0 bridgehead atoms. The van der Waals surface area contributed by atoms with Gasteiger partial charge in [0, 0.05) is 24.3 Å². The van der Waals surface area contributed by atoms with Gasteiger partial charge in [-0.2, -0.15) is 0 Å². The van der Waals surface area contributed by atoms with E-state index >= 15 is 0 Å². The zero-order valence-electron chi connectivity index (χ0n) is 15.2. The third-order valence-electron chi connectivity index (χ3n) is 3.93. The maximum absolute atomic E-state index is 12.6. The highest BCUT2D eigenvalue weighted by Crippen LogP contribution is 2.19. The molecule has 0 heterocycles. The summed E-state index contributed by atoms with van der Waals surface area (Å²) < 4.78 is 27.8. The average Bonchev–Trinajstić information content (AvgIpc) is 2.61. The van der Waals surface area contributed by atoms with Crippen LogP contribution in [0.15, 0.2) is 53.4 Å². The summed E-state index contributed by atoms with van der Waals surface area (Å²) in [7, 11) is -3.86. The van der Waals surface area contributed by atoms with Gasteiger partial charge in [-0.1, -0.05) is 18.2 Å². The topological polar surface area (TPSA) is 104 Å². The van der Waals surface area contributed by atoms with Crippen molar-refractivity contribution in [2.24, 2.45) is 0 Å². The van der Waals surface area contributed by atoms with Crippen molar-refractivity contribution < 1.29 is 23.1 Å². The van der Waals surface area contributed by atoms with Gasteiger partial charge in [-0.25, -0.2) is 8.42 Å². The highest BCUT2D eigenvalue weighted by atomic mass is 32.2. The van der Waals surface area contributed by atoms with Crippen LogP contribution in [-0.4, -0.2) is 43.4 Å². The van der Waals surface area contributed by atoms with E-state index in [0.717, 1.165) is 5.56 Å². The molecule has 0 saturated heterocycles. The number of aliphatic carboxylic acids is 1. The van der Waals surface area contributed by atoms with Crippen LogP contribution in [0.3, 0.4) is 0 Å². The number of hydrogen-bond donors (Lipinski definition) is 2. The zero-order valence-corrected chi connectivity index (χ0v) is 16.0. The summed E-state index contributed by atoms with van der Waals surface area (Å²) in [5.41, 5.74) is 1.54. The van der Waals surface area contributed by atoms with Crippen LogP contribution in [0.2, 0.25) is 0 Å². The number of nitrogens with zero attached hydrogens (tertiary/aromatic N) is 1. The number of sulfonamides is 1. The van der Waals surface area contributed by atoms with Gasteiger partial charge in [-0.15, -0.1) is 0 Å². The first-order chi connectivity index (χ1) is 12.7. The second-order valence-electron chi connectivity index (χ2n) is 6.03. The molecule has 0 saturated carbocycles. The smallest absolute Gasteiger partial charge is 0.305 e. The fourth-order valence-electron chi connectivity index (χ4n) is 2.54. The van der Waals surface area contributed by atoms with Crippen LogP contribution in [0.1, 0.15) is 29.3 Å². The van der Waals surface area contributed by atoms with Gasteiger partial charge in [0.25, 0.3) is 15.9 Å². The van der Waals surface area contributed by atoms with Crippen LogP contribution >= 0.6 is 0 Å². The molecule has 0 aliphatic rings. The standard InChI is InChI=1S/C19H22N2O5S/c1-3-21(11-10-18(22)23)19(24)15-7-5-9-17(13-15)27(25,26)20-16-8-4-6-14(2)12-16/h4-9,12-13,20H,3,10-11H2,1-2H3,(H,22,23). The number of carbonyl (C=O) groups excluding carboxylic acids is 1. The first-order valence-electron chi connectivity index (χ1n) is 8.43. The Morgan fingerprint density at radius 2 is 1.81 bits per heavy atom. The maximum Gasteiger partial charge on any atom is 0.305 e. The number of amides is 1. The van der Waals surface area contributed by atoms with Gasteiger partial charge in [-0.05, 0) is 49.7 Å². The maximum atomic E-state index is 12.6. The number of benzene rings is 2. The molecule has 2 rings (SSSR count). The van der Waals surface area contributed by atoms with Crippen molar-refractivity contribution in [3.05, 3.63) is 59.7 Å². The van der Waals surface area contributed by atoms with Crippen molar-refractivity contribution in [3.8, 4) is 0 Å². The molecule has 0 fully saturated rings. The number of hydrogen-bond acceptors (Lipinski definition) is 4. The third kappa shape index (κ3) is 5.55. The van der Waals surface area contributed by atoms with E-state index in [9.17, 15) is 18.0 Å². The van der Waals surface area contributed by atoms with Gasteiger partial charge in [0.15, 0.2) is 0 Å². The molecule has 8 heteroatoms. The normalized spacial score (nSPS) is 11.0. The Morgan fingerprint density at radius 3 is 2.44 bits per heavy atom. The Balaban J connectivity index is 2.25. The summed E-state index contributed by atoms with van der Waals surface area (Å²) in [5.74, 6) is -1.41.